The highest BCUT2D eigenvalue weighted by Crippen LogP contribution is 2.39. The zero-order valence-corrected chi connectivity index (χ0v) is 13.2. The van der Waals surface area contributed by atoms with Crippen molar-refractivity contribution >= 4 is 14.4 Å². The lowest BCUT2D eigenvalue weighted by Crippen LogP contribution is -2.35. The maximum atomic E-state index is 11.0. The molecule has 2 aliphatic rings. The van der Waals surface area contributed by atoms with Gasteiger partial charge in [0.05, 0.1) is 5.76 Å². The monoisotopic (exact) mass is 283 g/mol. The Bertz CT molecular complexity index is 371. The summed E-state index contributed by atoms with van der Waals surface area (Å²) in [7, 11) is -1.57. The molecule has 1 heterocycles. The van der Waals surface area contributed by atoms with Crippen LogP contribution in [0.5, 0.6) is 0 Å². The highest BCUT2D eigenvalue weighted by molar-refractivity contribution is 6.73. The molecule has 0 aromatic heterocycles. The first-order valence-corrected chi connectivity index (χ1v) is 9.94. The van der Waals surface area contributed by atoms with E-state index in [1.54, 1.807) is 0 Å². The molecule has 1 N–H and O–H groups in total. The molecule has 0 aromatic rings. The van der Waals surface area contributed by atoms with Crippen molar-refractivity contribution in [3.63, 3.8) is 0 Å². The normalized spacial score (nSPS) is 26.3. The van der Waals surface area contributed by atoms with E-state index in [1.807, 2.05) is 0 Å². The lowest BCUT2D eigenvalue weighted by molar-refractivity contribution is 0.153. The van der Waals surface area contributed by atoms with Crippen LogP contribution in [0.15, 0.2) is 11.8 Å². The van der Waals surface area contributed by atoms with Crippen LogP contribution in [0.2, 0.25) is 18.1 Å². The topological polar surface area (TPSA) is 49.8 Å². The van der Waals surface area contributed by atoms with E-state index in [-0.39, 0.29) is 0 Å². The first-order chi connectivity index (χ1) is 9.03. The van der Waals surface area contributed by atoms with Gasteiger partial charge < -0.3 is 14.4 Å². The molecule has 108 valence electrons. The van der Waals surface area contributed by atoms with Gasteiger partial charge >= 0.3 is 6.09 Å². The van der Waals surface area contributed by atoms with Gasteiger partial charge in [0.25, 0.3) is 0 Å². The molecule has 1 saturated heterocycles. The number of carboxylic acid groups (broad SMARTS) is 1. The van der Waals surface area contributed by atoms with Gasteiger partial charge in [0, 0.05) is 25.4 Å². The van der Waals surface area contributed by atoms with Crippen molar-refractivity contribution in [2.75, 3.05) is 13.1 Å². The fourth-order valence-corrected chi connectivity index (χ4v) is 5.98. The molecule has 2 rings (SSSR count). The maximum absolute atomic E-state index is 11.0. The van der Waals surface area contributed by atoms with E-state index >= 15 is 0 Å². The van der Waals surface area contributed by atoms with E-state index in [1.165, 1.54) is 4.90 Å². The average Bonchev–Trinajstić information content (AvgIpc) is 2.94. The summed E-state index contributed by atoms with van der Waals surface area (Å²) in [4.78, 5) is 12.5. The number of fused-ring (bicyclic) bond motifs is 1. The highest BCUT2D eigenvalue weighted by atomic mass is 28.4. The number of hydrogen-bond donors (Lipinski definition) is 1. The molecule has 4 nitrogen and oxygen atoms in total. The zero-order chi connectivity index (χ0) is 14.0. The molecule has 0 bridgehead atoms. The number of carbonyl (C=O) groups is 1. The largest absolute Gasteiger partial charge is 0.547 e. The number of allylic oxidation sites excluding steroid dienone is 1. The third-order valence-electron chi connectivity index (χ3n) is 4.91. The predicted octanol–water partition coefficient (Wildman–Crippen LogP) is 3.52. The molecule has 1 aliphatic heterocycles. The zero-order valence-electron chi connectivity index (χ0n) is 12.2. The van der Waals surface area contributed by atoms with Crippen molar-refractivity contribution in [1.29, 1.82) is 0 Å². The molecule has 0 aromatic carbocycles. The molecule has 1 fully saturated rings. The fourth-order valence-electron chi connectivity index (χ4n) is 3.34. The number of amides is 1. The van der Waals surface area contributed by atoms with Crippen molar-refractivity contribution in [1.82, 2.24) is 4.90 Å². The van der Waals surface area contributed by atoms with Gasteiger partial charge in [-0.05, 0) is 30.1 Å². The summed E-state index contributed by atoms with van der Waals surface area (Å²) in [6.45, 7) is 8.03. The Morgan fingerprint density at radius 2 is 2.00 bits per heavy atom. The average molecular weight is 283 g/mol. The molecular formula is C14H25NO3Si. The molecular weight excluding hydrogens is 258 g/mol. The minimum Gasteiger partial charge on any atom is -0.547 e. The molecule has 0 unspecified atom stereocenters. The van der Waals surface area contributed by atoms with Crippen LogP contribution in [0, 0.1) is 11.8 Å². The van der Waals surface area contributed by atoms with Crippen LogP contribution in [0.4, 0.5) is 4.79 Å². The van der Waals surface area contributed by atoms with Crippen LogP contribution in [0.1, 0.15) is 27.2 Å². The van der Waals surface area contributed by atoms with Gasteiger partial charge in [0.15, 0.2) is 0 Å². The Kier molecular flexibility index (Phi) is 4.23. The van der Waals surface area contributed by atoms with E-state index in [0.29, 0.717) is 24.9 Å². The van der Waals surface area contributed by atoms with Crippen LogP contribution >= 0.6 is 0 Å². The minimum atomic E-state index is -1.57. The Labute approximate surface area is 116 Å². The van der Waals surface area contributed by atoms with Crippen molar-refractivity contribution < 1.29 is 14.3 Å². The second kappa shape index (κ2) is 5.57. The summed E-state index contributed by atoms with van der Waals surface area (Å²) in [5.41, 5.74) is 0. The van der Waals surface area contributed by atoms with Crippen LogP contribution in [0.25, 0.3) is 0 Å². The first-order valence-electron chi connectivity index (χ1n) is 7.41. The van der Waals surface area contributed by atoms with Crippen molar-refractivity contribution in [2.24, 2.45) is 11.8 Å². The molecule has 0 spiro atoms. The fraction of sp³-hybridized carbons (Fsp3) is 0.786. The van der Waals surface area contributed by atoms with Gasteiger partial charge in [0.2, 0.25) is 8.32 Å². The van der Waals surface area contributed by atoms with Crippen molar-refractivity contribution in [3.8, 4) is 0 Å². The summed E-state index contributed by atoms with van der Waals surface area (Å²) < 4.78 is 6.41. The van der Waals surface area contributed by atoms with E-state index in [4.69, 9.17) is 9.53 Å². The second-order valence-electron chi connectivity index (χ2n) is 5.79. The molecule has 1 aliphatic carbocycles. The molecule has 0 radical (unpaired) electrons. The smallest absolute Gasteiger partial charge is 0.407 e. The van der Waals surface area contributed by atoms with E-state index in [9.17, 15) is 4.79 Å². The number of likely N-dealkylation sites (tertiary alicyclic amines) is 1. The van der Waals surface area contributed by atoms with Crippen LogP contribution < -0.4 is 0 Å². The first kappa shape index (κ1) is 14.4. The van der Waals surface area contributed by atoms with Gasteiger partial charge in [-0.1, -0.05) is 20.8 Å². The van der Waals surface area contributed by atoms with E-state index in [2.05, 4.69) is 26.8 Å². The van der Waals surface area contributed by atoms with Crippen LogP contribution in [-0.2, 0) is 4.43 Å². The van der Waals surface area contributed by atoms with E-state index < -0.39 is 14.4 Å². The van der Waals surface area contributed by atoms with Gasteiger partial charge in [-0.25, -0.2) is 4.79 Å². The summed E-state index contributed by atoms with van der Waals surface area (Å²) in [6, 6.07) is 3.48. The standard InChI is InChI=1S/C14H25NO3Si/c1-4-19(5-2,6-3)18-13-7-11-9-15(14(16)17)10-12(11)8-13/h7,11-12H,4-6,8-10H2,1-3H3,(H,16,17)/t11-,12+/m1/s1. The number of rotatable bonds is 5. The Balaban J connectivity index is 1.99. The molecule has 0 saturated carbocycles. The number of hydrogen-bond acceptors (Lipinski definition) is 2. The molecule has 2 atom stereocenters. The van der Waals surface area contributed by atoms with Gasteiger partial charge in [-0.15, -0.1) is 0 Å². The van der Waals surface area contributed by atoms with Gasteiger partial charge in [-0.2, -0.15) is 0 Å². The third kappa shape index (κ3) is 2.80. The third-order valence-corrected chi connectivity index (χ3v) is 9.47. The SMILES string of the molecule is CC[Si](CC)(CC)OC1=C[C@@H]2CN(C(=O)O)C[C@@H]2C1. The van der Waals surface area contributed by atoms with Gasteiger partial charge in [-0.3, -0.25) is 0 Å². The lowest BCUT2D eigenvalue weighted by Gasteiger charge is -2.30. The molecule has 1 amide bonds. The van der Waals surface area contributed by atoms with Crippen molar-refractivity contribution in [3.05, 3.63) is 11.8 Å². The van der Waals surface area contributed by atoms with Crippen molar-refractivity contribution in [2.45, 2.75) is 45.3 Å². The Morgan fingerprint density at radius 1 is 1.37 bits per heavy atom. The summed E-state index contributed by atoms with van der Waals surface area (Å²) in [5.74, 6) is 1.98. The number of nitrogens with zero attached hydrogens (tertiary/aromatic N) is 1. The van der Waals surface area contributed by atoms with Gasteiger partial charge in [0.1, 0.15) is 0 Å². The maximum Gasteiger partial charge on any atom is 0.407 e. The molecule has 5 heteroatoms. The summed E-state index contributed by atoms with van der Waals surface area (Å²) in [5, 5.41) is 9.02. The molecule has 19 heavy (non-hydrogen) atoms. The quantitative estimate of drug-likeness (QED) is 0.785. The second-order valence-corrected chi connectivity index (χ2v) is 10.5. The minimum absolute atomic E-state index is 0.378. The Hall–Kier alpha value is -0.973. The summed E-state index contributed by atoms with van der Waals surface area (Å²) in [6.07, 6.45) is 2.35. The van der Waals surface area contributed by atoms with E-state index in [0.717, 1.165) is 30.3 Å². The lowest BCUT2D eigenvalue weighted by atomic mass is 10.0. The summed E-state index contributed by atoms with van der Waals surface area (Å²) >= 11 is 0. The highest BCUT2D eigenvalue weighted by Gasteiger charge is 2.41. The Morgan fingerprint density at radius 3 is 2.47 bits per heavy atom. The van der Waals surface area contributed by atoms with Crippen LogP contribution in [-0.4, -0.2) is 37.5 Å². The predicted molar refractivity (Wildman–Crippen MR) is 77.6 cm³/mol. The van der Waals surface area contributed by atoms with Crippen LogP contribution in [0.3, 0.4) is 0 Å².